The molecule has 0 atom stereocenters. The van der Waals surface area contributed by atoms with E-state index in [2.05, 4.69) is 10.3 Å². The van der Waals surface area contributed by atoms with Gasteiger partial charge in [-0.05, 0) is 19.1 Å². The summed E-state index contributed by atoms with van der Waals surface area (Å²) in [6.45, 7) is 1.99. The number of halogens is 3. The van der Waals surface area contributed by atoms with Crippen molar-refractivity contribution in [3.05, 3.63) is 51.2 Å². The highest BCUT2D eigenvalue weighted by Crippen LogP contribution is 2.15. The number of carbonyl (C=O) groups excluding carboxylic acids is 1. The normalized spacial score (nSPS) is 10.5. The lowest BCUT2D eigenvalue weighted by molar-refractivity contribution is 0.0950. The molecule has 0 spiro atoms. The van der Waals surface area contributed by atoms with Gasteiger partial charge in [0.05, 0.1) is 17.7 Å². The summed E-state index contributed by atoms with van der Waals surface area (Å²) in [6, 6.07) is 1.32. The number of hydrogen-bond acceptors (Lipinski definition) is 3. The predicted octanol–water partition coefficient (Wildman–Crippen LogP) is 2.80. The second-order valence-electron chi connectivity index (χ2n) is 3.80. The Kier molecular flexibility index (Phi) is 3.84. The summed E-state index contributed by atoms with van der Waals surface area (Å²) >= 11 is 1.36. The number of aryl methyl sites for hydroxylation is 1. The Balaban J connectivity index is 2.10. The molecule has 0 aliphatic carbocycles. The van der Waals surface area contributed by atoms with Crippen molar-refractivity contribution in [2.45, 2.75) is 13.5 Å². The van der Waals surface area contributed by atoms with Crippen LogP contribution in [0.4, 0.5) is 13.2 Å². The molecule has 0 saturated carbocycles. The Morgan fingerprint density at radius 1 is 1.32 bits per heavy atom. The van der Waals surface area contributed by atoms with Gasteiger partial charge in [-0.3, -0.25) is 4.79 Å². The number of benzene rings is 1. The van der Waals surface area contributed by atoms with E-state index < -0.39 is 23.4 Å². The largest absolute Gasteiger partial charge is 0.347 e. The third-order valence-corrected chi connectivity index (χ3v) is 3.44. The molecule has 1 amide bonds. The average molecular weight is 286 g/mol. The minimum atomic E-state index is -1.59. The quantitative estimate of drug-likeness (QED) is 0.882. The van der Waals surface area contributed by atoms with Gasteiger partial charge in [-0.15, -0.1) is 11.3 Å². The van der Waals surface area contributed by atoms with Gasteiger partial charge in [-0.2, -0.15) is 0 Å². The van der Waals surface area contributed by atoms with E-state index in [1.807, 2.05) is 0 Å². The lowest BCUT2D eigenvalue weighted by Crippen LogP contribution is -2.23. The van der Waals surface area contributed by atoms with Crippen LogP contribution in [0.25, 0.3) is 0 Å². The molecule has 2 aromatic rings. The van der Waals surface area contributed by atoms with Crippen molar-refractivity contribution in [2.75, 3.05) is 0 Å². The first-order chi connectivity index (χ1) is 8.99. The van der Waals surface area contributed by atoms with Crippen LogP contribution in [0.15, 0.2) is 17.6 Å². The van der Waals surface area contributed by atoms with Gasteiger partial charge in [0, 0.05) is 10.4 Å². The fraction of sp³-hybridized carbons (Fsp3) is 0.167. The summed E-state index contributed by atoms with van der Waals surface area (Å²) in [5.41, 5.74) is 2.15. The maximum atomic E-state index is 13.0. The molecule has 7 heteroatoms. The molecular weight excluding hydrogens is 277 g/mol. The number of aromatic nitrogens is 1. The van der Waals surface area contributed by atoms with Crippen molar-refractivity contribution in [2.24, 2.45) is 0 Å². The van der Waals surface area contributed by atoms with Crippen molar-refractivity contribution in [3.8, 4) is 0 Å². The van der Waals surface area contributed by atoms with Crippen LogP contribution in [0.1, 0.15) is 20.9 Å². The van der Waals surface area contributed by atoms with E-state index in [-0.39, 0.29) is 12.1 Å². The Morgan fingerprint density at radius 2 is 1.95 bits per heavy atom. The van der Waals surface area contributed by atoms with E-state index in [9.17, 15) is 18.0 Å². The van der Waals surface area contributed by atoms with Crippen molar-refractivity contribution in [1.29, 1.82) is 0 Å². The number of nitrogens with one attached hydrogen (secondary N) is 1. The number of thiazole rings is 1. The van der Waals surface area contributed by atoms with Crippen LogP contribution in [-0.4, -0.2) is 10.9 Å². The lowest BCUT2D eigenvalue weighted by atomic mass is 10.2. The molecule has 1 N–H and O–H groups in total. The molecule has 0 fully saturated rings. The maximum Gasteiger partial charge on any atom is 0.251 e. The molecule has 0 saturated heterocycles. The molecule has 19 heavy (non-hydrogen) atoms. The van der Waals surface area contributed by atoms with Gasteiger partial charge in [0.25, 0.3) is 5.91 Å². The van der Waals surface area contributed by atoms with Crippen LogP contribution in [0.5, 0.6) is 0 Å². The van der Waals surface area contributed by atoms with Crippen LogP contribution in [0.3, 0.4) is 0 Å². The van der Waals surface area contributed by atoms with Gasteiger partial charge >= 0.3 is 0 Å². The van der Waals surface area contributed by atoms with E-state index in [0.29, 0.717) is 12.1 Å². The zero-order chi connectivity index (χ0) is 14.0. The number of hydrogen-bond donors (Lipinski definition) is 1. The summed E-state index contributed by atoms with van der Waals surface area (Å²) in [5.74, 6) is -5.04. The van der Waals surface area contributed by atoms with E-state index in [0.717, 1.165) is 10.6 Å². The SMILES string of the molecule is Cc1ncsc1CNC(=O)c1cc(F)c(F)c(F)c1. The first-order valence-corrected chi connectivity index (χ1v) is 6.18. The van der Waals surface area contributed by atoms with E-state index >= 15 is 0 Å². The van der Waals surface area contributed by atoms with Crippen molar-refractivity contribution in [1.82, 2.24) is 10.3 Å². The first kappa shape index (κ1) is 13.5. The molecule has 2 rings (SSSR count). The zero-order valence-corrected chi connectivity index (χ0v) is 10.7. The Hall–Kier alpha value is -1.89. The highest BCUT2D eigenvalue weighted by atomic mass is 32.1. The van der Waals surface area contributed by atoms with Gasteiger partial charge in [0.1, 0.15) is 0 Å². The van der Waals surface area contributed by atoms with Gasteiger partial charge in [0.15, 0.2) is 17.5 Å². The molecule has 0 bridgehead atoms. The summed E-state index contributed by atoms with van der Waals surface area (Å²) < 4.78 is 38.7. The van der Waals surface area contributed by atoms with Gasteiger partial charge in [-0.25, -0.2) is 18.2 Å². The van der Waals surface area contributed by atoms with E-state index in [1.165, 1.54) is 11.3 Å². The van der Waals surface area contributed by atoms with Crippen LogP contribution in [0, 0.1) is 24.4 Å². The molecule has 0 unspecified atom stereocenters. The van der Waals surface area contributed by atoms with E-state index in [4.69, 9.17) is 0 Å². The smallest absolute Gasteiger partial charge is 0.251 e. The Labute approximate surface area is 111 Å². The second-order valence-corrected chi connectivity index (χ2v) is 4.74. The monoisotopic (exact) mass is 286 g/mol. The van der Waals surface area contributed by atoms with E-state index in [1.54, 1.807) is 12.4 Å². The number of carbonyl (C=O) groups is 1. The summed E-state index contributed by atoms with van der Waals surface area (Å²) in [5, 5.41) is 2.49. The molecule has 3 nitrogen and oxygen atoms in total. The minimum Gasteiger partial charge on any atom is -0.347 e. The third kappa shape index (κ3) is 2.93. The van der Waals surface area contributed by atoms with Gasteiger partial charge < -0.3 is 5.32 Å². The second kappa shape index (κ2) is 5.40. The lowest BCUT2D eigenvalue weighted by Gasteiger charge is -2.05. The molecule has 0 aliphatic heterocycles. The molecule has 0 aliphatic rings. The maximum absolute atomic E-state index is 13.0. The van der Waals surface area contributed by atoms with Gasteiger partial charge in [0.2, 0.25) is 0 Å². The van der Waals surface area contributed by atoms with Crippen molar-refractivity contribution >= 4 is 17.2 Å². The Morgan fingerprint density at radius 3 is 2.47 bits per heavy atom. The van der Waals surface area contributed by atoms with Crippen molar-refractivity contribution in [3.63, 3.8) is 0 Å². The molecule has 1 aromatic carbocycles. The first-order valence-electron chi connectivity index (χ1n) is 5.30. The van der Waals surface area contributed by atoms with Gasteiger partial charge in [-0.1, -0.05) is 0 Å². The van der Waals surface area contributed by atoms with Crippen LogP contribution in [0.2, 0.25) is 0 Å². The summed E-state index contributed by atoms with van der Waals surface area (Å²) in [7, 11) is 0. The summed E-state index contributed by atoms with van der Waals surface area (Å²) in [4.78, 5) is 16.5. The number of nitrogens with zero attached hydrogens (tertiary/aromatic N) is 1. The number of amides is 1. The Bertz CT molecular complexity index is 604. The minimum absolute atomic E-state index is 0.204. The van der Waals surface area contributed by atoms with Crippen LogP contribution in [-0.2, 0) is 6.54 Å². The van der Waals surface area contributed by atoms with Crippen molar-refractivity contribution < 1.29 is 18.0 Å². The summed E-state index contributed by atoms with van der Waals surface area (Å²) in [6.07, 6.45) is 0. The third-order valence-electron chi connectivity index (χ3n) is 2.50. The van der Waals surface area contributed by atoms with Crippen LogP contribution >= 0.6 is 11.3 Å². The average Bonchev–Trinajstić information content (AvgIpc) is 2.78. The molecule has 1 heterocycles. The van der Waals surface area contributed by atoms with Crippen LogP contribution < -0.4 is 5.32 Å². The highest BCUT2D eigenvalue weighted by molar-refractivity contribution is 7.09. The fourth-order valence-electron chi connectivity index (χ4n) is 1.45. The highest BCUT2D eigenvalue weighted by Gasteiger charge is 2.15. The molecule has 1 aromatic heterocycles. The topological polar surface area (TPSA) is 42.0 Å². The molecule has 100 valence electrons. The molecule has 0 radical (unpaired) electrons. The predicted molar refractivity (Wildman–Crippen MR) is 64.3 cm³/mol. The standard InChI is InChI=1S/C12H9F3N2OS/c1-6-10(19-5-17-6)4-16-12(18)7-2-8(13)11(15)9(14)3-7/h2-3,5H,4H2,1H3,(H,16,18). The molecular formula is C12H9F3N2OS. The fourth-order valence-corrected chi connectivity index (χ4v) is 2.16. The number of rotatable bonds is 3. The zero-order valence-electron chi connectivity index (χ0n) is 9.84.